The van der Waals surface area contributed by atoms with Crippen molar-refractivity contribution in [3.8, 4) is 5.69 Å². The molecule has 2 aliphatic heterocycles. The average Bonchev–Trinajstić information content (AvgIpc) is 3.40. The molecule has 5 rings (SSSR count). The second kappa shape index (κ2) is 8.17. The molecule has 1 aromatic heterocycles. The second-order valence-electron chi connectivity index (χ2n) is 8.79. The summed E-state index contributed by atoms with van der Waals surface area (Å²) in [5.74, 6) is 0.0482. The van der Waals surface area contributed by atoms with Gasteiger partial charge in [-0.15, -0.1) is 0 Å². The van der Waals surface area contributed by atoms with Crippen molar-refractivity contribution in [2.75, 3.05) is 24.6 Å². The zero-order valence-corrected chi connectivity index (χ0v) is 19.1. The lowest BCUT2D eigenvalue weighted by Crippen LogP contribution is -2.45. The van der Waals surface area contributed by atoms with Gasteiger partial charge in [-0.3, -0.25) is 9.36 Å². The molecular weight excluding hydrogens is 448 g/mol. The molecule has 7 nitrogen and oxygen atoms in total. The quantitative estimate of drug-likeness (QED) is 0.609. The number of benzene rings is 2. The van der Waals surface area contributed by atoms with Crippen molar-refractivity contribution < 1.29 is 13.2 Å². The molecule has 0 saturated carbocycles. The van der Waals surface area contributed by atoms with Gasteiger partial charge in [0.15, 0.2) is 0 Å². The first-order valence-electron chi connectivity index (χ1n) is 10.8. The molecule has 32 heavy (non-hydrogen) atoms. The maximum absolute atomic E-state index is 13.0. The first-order chi connectivity index (χ1) is 15.4. The smallest absolute Gasteiger partial charge is 0.225 e. The number of aromatic nitrogens is 2. The van der Waals surface area contributed by atoms with Crippen LogP contribution in [0.1, 0.15) is 18.4 Å². The highest BCUT2D eigenvalue weighted by Crippen LogP contribution is 2.42. The highest BCUT2D eigenvalue weighted by Gasteiger charge is 2.49. The van der Waals surface area contributed by atoms with Gasteiger partial charge in [-0.25, -0.2) is 13.4 Å². The Bertz CT molecular complexity index is 1270. The number of para-hydroxylation sites is 2. The summed E-state index contributed by atoms with van der Waals surface area (Å²) in [6.45, 7) is 1.59. The second-order valence-corrected chi connectivity index (χ2v) is 11.5. The molecule has 168 valence electrons. The van der Waals surface area contributed by atoms with Gasteiger partial charge in [0, 0.05) is 30.3 Å². The van der Waals surface area contributed by atoms with Crippen LogP contribution in [0.4, 0.5) is 0 Å². The summed E-state index contributed by atoms with van der Waals surface area (Å²) in [6, 6.07) is 13.7. The maximum Gasteiger partial charge on any atom is 0.225 e. The minimum atomic E-state index is -2.98. The van der Waals surface area contributed by atoms with Gasteiger partial charge < -0.3 is 10.6 Å². The van der Waals surface area contributed by atoms with E-state index >= 15 is 0 Å². The zero-order valence-electron chi connectivity index (χ0n) is 17.6. The van der Waals surface area contributed by atoms with Gasteiger partial charge in [-0.2, -0.15) is 0 Å². The van der Waals surface area contributed by atoms with Crippen molar-refractivity contribution in [1.29, 1.82) is 0 Å². The van der Waals surface area contributed by atoms with Crippen molar-refractivity contribution in [3.05, 3.63) is 59.4 Å². The van der Waals surface area contributed by atoms with Crippen LogP contribution in [-0.4, -0.2) is 48.5 Å². The molecule has 3 aromatic rings. The fraction of sp³-hybridized carbons (Fsp3) is 0.391. The number of rotatable bonds is 4. The predicted octanol–water partition coefficient (Wildman–Crippen LogP) is 2.71. The number of nitrogens with zero attached hydrogens (tertiary/aromatic N) is 2. The molecule has 1 unspecified atom stereocenters. The van der Waals surface area contributed by atoms with E-state index in [1.807, 2.05) is 47.0 Å². The number of carbonyl (C=O) groups excluding carboxylic acids is 1. The van der Waals surface area contributed by atoms with E-state index in [1.165, 1.54) is 0 Å². The number of imidazole rings is 1. The van der Waals surface area contributed by atoms with Crippen LogP contribution in [-0.2, 0) is 21.2 Å². The van der Waals surface area contributed by atoms with E-state index in [9.17, 15) is 13.2 Å². The van der Waals surface area contributed by atoms with E-state index in [4.69, 9.17) is 11.6 Å². The number of sulfone groups is 1. The van der Waals surface area contributed by atoms with Gasteiger partial charge in [-0.1, -0.05) is 29.8 Å². The Balaban J connectivity index is 1.28. The minimum Gasteiger partial charge on any atom is -0.352 e. The summed E-state index contributed by atoms with van der Waals surface area (Å²) >= 11 is 6.55. The lowest BCUT2D eigenvalue weighted by molar-refractivity contribution is -0.128. The minimum absolute atomic E-state index is 0.0463. The summed E-state index contributed by atoms with van der Waals surface area (Å²) in [4.78, 5) is 17.4. The number of hydrogen-bond acceptors (Lipinski definition) is 5. The summed E-state index contributed by atoms with van der Waals surface area (Å²) in [6.07, 6.45) is 2.85. The number of fused-ring (bicyclic) bond motifs is 1. The Hall–Kier alpha value is -2.42. The van der Waals surface area contributed by atoms with Crippen LogP contribution in [0.25, 0.3) is 16.7 Å². The summed E-state index contributed by atoms with van der Waals surface area (Å²) in [5, 5.41) is 6.90. The molecule has 0 bridgehead atoms. The molecule has 2 aliphatic rings. The molecule has 3 heterocycles. The SMILES string of the molecule is O=C(NCc1ccc(-n2cnc3ccccc32)cc1Cl)C1CNCC12CCS(=O)(=O)CC2. The fourth-order valence-corrected chi connectivity index (χ4v) is 6.83. The predicted molar refractivity (Wildman–Crippen MR) is 125 cm³/mol. The van der Waals surface area contributed by atoms with E-state index in [-0.39, 0.29) is 28.7 Å². The topological polar surface area (TPSA) is 93.1 Å². The van der Waals surface area contributed by atoms with Crippen LogP contribution >= 0.6 is 11.6 Å². The lowest BCUT2D eigenvalue weighted by Gasteiger charge is -2.37. The van der Waals surface area contributed by atoms with Crippen LogP contribution in [0.15, 0.2) is 48.8 Å². The number of nitrogens with one attached hydrogen (secondary N) is 2. The van der Waals surface area contributed by atoms with Gasteiger partial charge in [0.2, 0.25) is 5.91 Å². The number of halogens is 1. The molecule has 0 radical (unpaired) electrons. The summed E-state index contributed by atoms with van der Waals surface area (Å²) in [7, 11) is -2.98. The highest BCUT2D eigenvalue weighted by molar-refractivity contribution is 7.91. The molecule has 1 amide bonds. The Morgan fingerprint density at radius 2 is 2.00 bits per heavy atom. The summed E-state index contributed by atoms with van der Waals surface area (Å²) < 4.78 is 25.7. The average molecular weight is 473 g/mol. The third kappa shape index (κ3) is 3.91. The first-order valence-corrected chi connectivity index (χ1v) is 13.0. The molecule has 9 heteroatoms. The number of amides is 1. The van der Waals surface area contributed by atoms with Crippen molar-refractivity contribution in [1.82, 2.24) is 20.2 Å². The highest BCUT2D eigenvalue weighted by atomic mass is 35.5. The van der Waals surface area contributed by atoms with E-state index in [0.29, 0.717) is 37.5 Å². The molecule has 2 saturated heterocycles. The Kier molecular flexibility index (Phi) is 5.47. The van der Waals surface area contributed by atoms with E-state index < -0.39 is 9.84 Å². The van der Waals surface area contributed by atoms with Crippen molar-refractivity contribution >= 4 is 38.4 Å². The third-order valence-corrected chi connectivity index (χ3v) is 8.93. The Morgan fingerprint density at radius 1 is 1.22 bits per heavy atom. The molecule has 1 spiro atoms. The molecule has 2 N–H and O–H groups in total. The van der Waals surface area contributed by atoms with Gasteiger partial charge >= 0.3 is 0 Å². The van der Waals surface area contributed by atoms with Gasteiger partial charge in [0.25, 0.3) is 0 Å². The van der Waals surface area contributed by atoms with Crippen molar-refractivity contribution in [2.24, 2.45) is 11.3 Å². The van der Waals surface area contributed by atoms with Crippen LogP contribution < -0.4 is 10.6 Å². The van der Waals surface area contributed by atoms with Gasteiger partial charge in [0.05, 0.1) is 28.5 Å². The van der Waals surface area contributed by atoms with Crippen LogP contribution in [0, 0.1) is 11.3 Å². The summed E-state index contributed by atoms with van der Waals surface area (Å²) in [5.41, 5.74) is 3.37. The molecule has 2 aromatic carbocycles. The fourth-order valence-electron chi connectivity index (χ4n) is 4.95. The van der Waals surface area contributed by atoms with Crippen LogP contribution in [0.5, 0.6) is 0 Å². The Labute approximate surface area is 192 Å². The molecule has 2 fully saturated rings. The van der Waals surface area contributed by atoms with E-state index in [2.05, 4.69) is 15.6 Å². The van der Waals surface area contributed by atoms with E-state index in [1.54, 1.807) is 6.33 Å². The van der Waals surface area contributed by atoms with E-state index in [0.717, 1.165) is 22.3 Å². The van der Waals surface area contributed by atoms with Crippen molar-refractivity contribution in [3.63, 3.8) is 0 Å². The zero-order chi connectivity index (χ0) is 22.3. The molecule has 0 aliphatic carbocycles. The first kappa shape index (κ1) is 21.4. The maximum atomic E-state index is 13.0. The van der Waals surface area contributed by atoms with Gasteiger partial charge in [-0.05, 0) is 48.1 Å². The van der Waals surface area contributed by atoms with Gasteiger partial charge in [0.1, 0.15) is 16.2 Å². The largest absolute Gasteiger partial charge is 0.352 e. The Morgan fingerprint density at radius 3 is 2.78 bits per heavy atom. The normalized spacial score (nSPS) is 21.7. The molecule has 1 atom stereocenters. The third-order valence-electron chi connectivity index (χ3n) is 6.92. The standard InChI is InChI=1S/C23H25ClN4O3S/c24-19-11-17(28-15-27-20-3-1-2-4-21(20)28)6-5-16(19)12-26-22(29)18-13-25-14-23(18)7-9-32(30,31)10-8-23/h1-6,11,15,18,25H,7-10,12-14H2,(H,26,29). The molecular formula is C23H25ClN4O3S. The lowest BCUT2D eigenvalue weighted by atomic mass is 9.73. The van der Waals surface area contributed by atoms with Crippen molar-refractivity contribution in [2.45, 2.75) is 19.4 Å². The van der Waals surface area contributed by atoms with Crippen LogP contribution in [0.2, 0.25) is 5.02 Å². The number of carbonyl (C=O) groups is 1. The number of hydrogen-bond donors (Lipinski definition) is 2. The monoisotopic (exact) mass is 472 g/mol. The van der Waals surface area contributed by atoms with Crippen LogP contribution in [0.3, 0.4) is 0 Å².